The molecule has 4 heterocycles. The molecule has 0 bridgehead atoms. The summed E-state index contributed by atoms with van der Waals surface area (Å²) in [5.41, 5.74) is 1.95. The predicted molar refractivity (Wildman–Crippen MR) is 108 cm³/mol. The molecule has 2 fully saturated rings. The van der Waals surface area contributed by atoms with Crippen molar-refractivity contribution in [3.05, 3.63) is 30.9 Å². The van der Waals surface area contributed by atoms with Crippen molar-refractivity contribution < 1.29 is 4.74 Å². The lowest BCUT2D eigenvalue weighted by molar-refractivity contribution is 0.176. The number of rotatable bonds is 6. The first-order valence-electron chi connectivity index (χ1n) is 9.80. The first-order valence-corrected chi connectivity index (χ1v) is 9.80. The normalized spacial score (nSPS) is 23.4. The molecule has 8 nitrogen and oxygen atoms in total. The minimum absolute atomic E-state index is 0.342. The molecule has 0 radical (unpaired) electrons. The maximum Gasteiger partial charge on any atom is 0.227 e. The molecule has 1 saturated heterocycles. The van der Waals surface area contributed by atoms with Crippen LogP contribution in [0.15, 0.2) is 30.9 Å². The van der Waals surface area contributed by atoms with E-state index >= 15 is 0 Å². The lowest BCUT2D eigenvalue weighted by Crippen LogP contribution is -2.26. The van der Waals surface area contributed by atoms with Crippen molar-refractivity contribution in [2.24, 2.45) is 17.8 Å². The second kappa shape index (κ2) is 6.70. The Balaban J connectivity index is 1.32. The largest absolute Gasteiger partial charge is 0.384 e. The van der Waals surface area contributed by atoms with Gasteiger partial charge in [0.25, 0.3) is 0 Å². The fourth-order valence-corrected chi connectivity index (χ4v) is 4.36. The summed E-state index contributed by atoms with van der Waals surface area (Å²) < 4.78 is 7.44. The molecule has 146 valence electrons. The van der Waals surface area contributed by atoms with Crippen molar-refractivity contribution >= 4 is 28.6 Å². The van der Waals surface area contributed by atoms with Crippen LogP contribution in [0.1, 0.15) is 19.9 Å². The van der Waals surface area contributed by atoms with Gasteiger partial charge in [-0.25, -0.2) is 15.0 Å². The second-order valence-corrected chi connectivity index (χ2v) is 8.02. The van der Waals surface area contributed by atoms with Crippen molar-refractivity contribution in [2.45, 2.75) is 19.9 Å². The number of hydrogen-bond acceptors (Lipinski definition) is 7. The van der Waals surface area contributed by atoms with Gasteiger partial charge in [-0.2, -0.15) is 4.98 Å². The zero-order chi connectivity index (χ0) is 19.3. The lowest BCUT2D eigenvalue weighted by Gasteiger charge is -2.20. The van der Waals surface area contributed by atoms with Crippen LogP contribution in [-0.2, 0) is 4.74 Å². The number of aromatic nitrogens is 5. The van der Waals surface area contributed by atoms with Crippen LogP contribution in [0.5, 0.6) is 0 Å². The molecule has 3 atom stereocenters. The van der Waals surface area contributed by atoms with Crippen LogP contribution < -0.4 is 10.2 Å². The van der Waals surface area contributed by atoms with E-state index in [1.165, 1.54) is 0 Å². The molecule has 2 aliphatic rings. The molecule has 3 aromatic rings. The topological polar surface area (TPSA) is 81.0 Å². The summed E-state index contributed by atoms with van der Waals surface area (Å²) >= 11 is 0. The quantitative estimate of drug-likeness (QED) is 0.705. The average Bonchev–Trinajstić information content (AvgIpc) is 3.04. The minimum atomic E-state index is 0.342. The highest BCUT2D eigenvalue weighted by Gasteiger charge is 2.55. The van der Waals surface area contributed by atoms with Crippen LogP contribution in [-0.4, -0.2) is 51.3 Å². The number of imidazole rings is 1. The number of nitrogens with zero attached hydrogens (tertiary/aromatic N) is 6. The number of anilines is 3. The van der Waals surface area contributed by atoms with Crippen LogP contribution in [0.25, 0.3) is 11.0 Å². The molecule has 0 aromatic carbocycles. The molecular weight excluding hydrogens is 354 g/mol. The van der Waals surface area contributed by atoms with Crippen molar-refractivity contribution in [3.63, 3.8) is 0 Å². The standard InChI is InChI=1S/C20H25N7O/c1-12(2)27-11-23-16-7-22-19(6-17(16)27)24-18-4-5-21-20(25-18)26-8-13-14(9-26)15(13)10-28-3/h4-7,11-15H,8-10H2,1-3H3,(H,21,22,24,25)/t13-,14+,15?. The maximum absolute atomic E-state index is 5.30. The maximum atomic E-state index is 5.30. The summed E-state index contributed by atoms with van der Waals surface area (Å²) in [6, 6.07) is 4.24. The highest BCUT2D eigenvalue weighted by molar-refractivity contribution is 5.78. The van der Waals surface area contributed by atoms with Gasteiger partial charge in [0.15, 0.2) is 0 Å². The number of nitrogens with one attached hydrogen (secondary N) is 1. The first kappa shape index (κ1) is 17.4. The number of fused-ring (bicyclic) bond motifs is 2. The van der Waals surface area contributed by atoms with Gasteiger partial charge < -0.3 is 19.5 Å². The molecule has 3 aromatic heterocycles. The van der Waals surface area contributed by atoms with Crippen LogP contribution in [0.3, 0.4) is 0 Å². The second-order valence-electron chi connectivity index (χ2n) is 8.02. The van der Waals surface area contributed by atoms with E-state index in [1.807, 2.05) is 18.5 Å². The van der Waals surface area contributed by atoms with E-state index in [4.69, 9.17) is 9.72 Å². The van der Waals surface area contributed by atoms with Crippen molar-refractivity contribution in [2.75, 3.05) is 37.0 Å². The third kappa shape index (κ3) is 2.97. The van der Waals surface area contributed by atoms with Gasteiger partial charge >= 0.3 is 0 Å². The monoisotopic (exact) mass is 379 g/mol. The molecule has 1 N–H and O–H groups in total. The predicted octanol–water partition coefficient (Wildman–Crippen LogP) is 2.87. The Morgan fingerprint density at radius 2 is 2.00 bits per heavy atom. The summed E-state index contributed by atoms with van der Waals surface area (Å²) in [6.07, 6.45) is 5.46. The van der Waals surface area contributed by atoms with Crippen LogP contribution in [0.2, 0.25) is 0 Å². The highest BCUT2D eigenvalue weighted by Crippen LogP contribution is 2.52. The molecule has 0 amide bonds. The van der Waals surface area contributed by atoms with Crippen LogP contribution in [0, 0.1) is 17.8 Å². The third-order valence-electron chi connectivity index (χ3n) is 5.93. The van der Waals surface area contributed by atoms with E-state index in [-0.39, 0.29) is 0 Å². The summed E-state index contributed by atoms with van der Waals surface area (Å²) in [6.45, 7) is 7.18. The van der Waals surface area contributed by atoms with Gasteiger partial charge in [-0.3, -0.25) is 0 Å². The van der Waals surface area contributed by atoms with Gasteiger partial charge in [-0.15, -0.1) is 0 Å². The highest BCUT2D eigenvalue weighted by atomic mass is 16.5. The Morgan fingerprint density at radius 1 is 1.18 bits per heavy atom. The van der Waals surface area contributed by atoms with E-state index in [0.29, 0.717) is 12.0 Å². The minimum Gasteiger partial charge on any atom is -0.384 e. The van der Waals surface area contributed by atoms with Crippen molar-refractivity contribution in [1.29, 1.82) is 0 Å². The molecular formula is C20H25N7O. The average molecular weight is 379 g/mol. The SMILES string of the molecule is COCC1[C@H]2CN(c3nccc(Nc4cc5c(cn4)ncn5C(C)C)n3)C[C@@H]12. The zero-order valence-electron chi connectivity index (χ0n) is 16.4. The molecule has 8 heteroatoms. The molecule has 1 unspecified atom stereocenters. The Bertz CT molecular complexity index is 989. The fourth-order valence-electron chi connectivity index (χ4n) is 4.36. The summed E-state index contributed by atoms with van der Waals surface area (Å²) in [4.78, 5) is 20.4. The van der Waals surface area contributed by atoms with Gasteiger partial charge in [0, 0.05) is 45.1 Å². The smallest absolute Gasteiger partial charge is 0.227 e. The number of ether oxygens (including phenoxy) is 1. The Kier molecular flexibility index (Phi) is 4.16. The van der Waals surface area contributed by atoms with E-state index in [0.717, 1.165) is 60.1 Å². The van der Waals surface area contributed by atoms with Crippen LogP contribution >= 0.6 is 0 Å². The summed E-state index contributed by atoms with van der Waals surface area (Å²) in [5, 5.41) is 3.32. The van der Waals surface area contributed by atoms with Crippen molar-refractivity contribution in [1.82, 2.24) is 24.5 Å². The van der Waals surface area contributed by atoms with Gasteiger partial charge in [-0.05, 0) is 37.7 Å². The van der Waals surface area contributed by atoms with Crippen molar-refractivity contribution in [3.8, 4) is 0 Å². The van der Waals surface area contributed by atoms with Crippen LogP contribution in [0.4, 0.5) is 17.6 Å². The van der Waals surface area contributed by atoms with E-state index in [2.05, 4.69) is 43.6 Å². The third-order valence-corrected chi connectivity index (χ3v) is 5.93. The molecule has 5 rings (SSSR count). The molecule has 1 saturated carbocycles. The summed E-state index contributed by atoms with van der Waals surface area (Å²) in [5.74, 6) is 4.44. The van der Waals surface area contributed by atoms with E-state index in [9.17, 15) is 0 Å². The number of hydrogen-bond donors (Lipinski definition) is 1. The Hall–Kier alpha value is -2.74. The van der Waals surface area contributed by atoms with Gasteiger partial charge in [0.05, 0.1) is 18.0 Å². The van der Waals surface area contributed by atoms with E-state index < -0.39 is 0 Å². The van der Waals surface area contributed by atoms with Gasteiger partial charge in [-0.1, -0.05) is 0 Å². The zero-order valence-corrected chi connectivity index (χ0v) is 16.4. The molecule has 1 aliphatic carbocycles. The molecule has 28 heavy (non-hydrogen) atoms. The lowest BCUT2D eigenvalue weighted by atomic mass is 10.3. The Labute approximate surface area is 164 Å². The fraction of sp³-hybridized carbons (Fsp3) is 0.500. The van der Waals surface area contributed by atoms with E-state index in [1.54, 1.807) is 19.5 Å². The number of pyridine rings is 1. The number of piperidine rings is 1. The molecule has 1 aliphatic heterocycles. The number of methoxy groups -OCH3 is 1. The summed E-state index contributed by atoms with van der Waals surface area (Å²) in [7, 11) is 1.78. The van der Waals surface area contributed by atoms with Gasteiger partial charge in [0.2, 0.25) is 5.95 Å². The Morgan fingerprint density at radius 3 is 2.75 bits per heavy atom. The van der Waals surface area contributed by atoms with Gasteiger partial charge in [0.1, 0.15) is 17.2 Å². The first-order chi connectivity index (χ1) is 13.6. The molecule has 0 spiro atoms.